The van der Waals surface area contributed by atoms with Crippen molar-refractivity contribution in [3.8, 4) is 6.07 Å². The van der Waals surface area contributed by atoms with Gasteiger partial charge in [0.15, 0.2) is 0 Å². The van der Waals surface area contributed by atoms with Gasteiger partial charge in [0.05, 0.1) is 11.6 Å². The Balaban J connectivity index is 2.61. The average molecular weight is 185 g/mol. The summed E-state index contributed by atoms with van der Waals surface area (Å²) in [5, 5.41) is 9.82. The van der Waals surface area contributed by atoms with Crippen LogP contribution < -0.4 is 5.73 Å². The third-order valence-electron chi connectivity index (χ3n) is 2.26. The number of aromatic nitrogens is 1. The molecule has 3 nitrogen and oxygen atoms in total. The van der Waals surface area contributed by atoms with Crippen LogP contribution in [0, 0.1) is 11.3 Å². The van der Waals surface area contributed by atoms with Gasteiger partial charge in [-0.2, -0.15) is 5.26 Å². The van der Waals surface area contributed by atoms with E-state index in [0.29, 0.717) is 5.56 Å². The second kappa shape index (κ2) is 3.17. The van der Waals surface area contributed by atoms with Gasteiger partial charge >= 0.3 is 0 Å². The first-order chi connectivity index (χ1) is 6.70. The number of nitriles is 1. The number of nitrogens with one attached hydrogen (secondary N) is 1. The number of hydrogen-bond acceptors (Lipinski definition) is 2. The summed E-state index contributed by atoms with van der Waals surface area (Å²) < 4.78 is 0. The van der Waals surface area contributed by atoms with E-state index in [9.17, 15) is 0 Å². The molecule has 2 rings (SSSR count). The third kappa shape index (κ3) is 1.36. The average Bonchev–Trinajstić information content (AvgIpc) is 2.59. The molecular weight excluding hydrogens is 174 g/mol. The van der Waals surface area contributed by atoms with Crippen molar-refractivity contribution in [1.82, 2.24) is 4.98 Å². The van der Waals surface area contributed by atoms with Crippen molar-refractivity contribution < 1.29 is 0 Å². The summed E-state index contributed by atoms with van der Waals surface area (Å²) in [7, 11) is 0. The lowest BCUT2D eigenvalue weighted by Gasteiger charge is -1.98. The van der Waals surface area contributed by atoms with Gasteiger partial charge in [0.1, 0.15) is 0 Å². The highest BCUT2D eigenvalue weighted by molar-refractivity contribution is 5.81. The van der Waals surface area contributed by atoms with Gasteiger partial charge in [-0.15, -0.1) is 0 Å². The third-order valence-corrected chi connectivity index (χ3v) is 2.26. The Kier molecular flexibility index (Phi) is 1.99. The van der Waals surface area contributed by atoms with E-state index in [-0.39, 0.29) is 6.04 Å². The van der Waals surface area contributed by atoms with Crippen molar-refractivity contribution >= 4 is 10.9 Å². The van der Waals surface area contributed by atoms with E-state index < -0.39 is 0 Å². The maximum absolute atomic E-state index is 8.72. The van der Waals surface area contributed by atoms with Crippen molar-refractivity contribution in [2.24, 2.45) is 5.73 Å². The fourth-order valence-corrected chi connectivity index (χ4v) is 1.46. The van der Waals surface area contributed by atoms with E-state index in [0.717, 1.165) is 16.6 Å². The van der Waals surface area contributed by atoms with Gasteiger partial charge in [0.25, 0.3) is 0 Å². The highest BCUT2D eigenvalue weighted by Gasteiger charge is 2.04. The molecule has 0 radical (unpaired) electrons. The highest BCUT2D eigenvalue weighted by atomic mass is 14.8. The number of rotatable bonds is 1. The molecule has 2 aromatic rings. The van der Waals surface area contributed by atoms with E-state index in [4.69, 9.17) is 11.0 Å². The van der Waals surface area contributed by atoms with Crippen molar-refractivity contribution in [3.05, 3.63) is 35.5 Å². The van der Waals surface area contributed by atoms with Gasteiger partial charge in [-0.25, -0.2) is 0 Å². The van der Waals surface area contributed by atoms with Crippen LogP contribution in [-0.2, 0) is 0 Å². The predicted octanol–water partition coefficient (Wildman–Crippen LogP) is 2.06. The Morgan fingerprint density at radius 1 is 1.43 bits per heavy atom. The molecule has 0 aliphatic rings. The fraction of sp³-hybridized carbons (Fsp3) is 0.182. The monoisotopic (exact) mass is 185 g/mol. The number of H-pyrrole nitrogens is 1. The Morgan fingerprint density at radius 2 is 2.21 bits per heavy atom. The van der Waals surface area contributed by atoms with Gasteiger partial charge < -0.3 is 10.7 Å². The number of aromatic amines is 1. The first-order valence-corrected chi connectivity index (χ1v) is 4.49. The molecule has 1 aromatic carbocycles. The van der Waals surface area contributed by atoms with E-state index >= 15 is 0 Å². The van der Waals surface area contributed by atoms with Crippen LogP contribution in [-0.4, -0.2) is 4.98 Å². The van der Waals surface area contributed by atoms with E-state index in [1.54, 1.807) is 6.07 Å². The quantitative estimate of drug-likeness (QED) is 0.714. The topological polar surface area (TPSA) is 65.6 Å². The van der Waals surface area contributed by atoms with Gasteiger partial charge in [-0.3, -0.25) is 0 Å². The zero-order chi connectivity index (χ0) is 10.1. The summed E-state index contributed by atoms with van der Waals surface area (Å²) in [6.45, 7) is 1.93. The lowest BCUT2D eigenvalue weighted by Crippen LogP contribution is -2.04. The zero-order valence-corrected chi connectivity index (χ0v) is 7.91. The minimum Gasteiger partial charge on any atom is -0.357 e. The van der Waals surface area contributed by atoms with Crippen molar-refractivity contribution in [2.75, 3.05) is 0 Å². The van der Waals surface area contributed by atoms with Crippen molar-refractivity contribution in [1.29, 1.82) is 5.26 Å². The second-order valence-electron chi connectivity index (χ2n) is 3.43. The van der Waals surface area contributed by atoms with Gasteiger partial charge in [-0.1, -0.05) is 6.07 Å². The van der Waals surface area contributed by atoms with E-state index in [1.165, 1.54) is 0 Å². The Hall–Kier alpha value is -1.79. The fourth-order valence-electron chi connectivity index (χ4n) is 1.46. The molecule has 0 amide bonds. The van der Waals surface area contributed by atoms with Crippen molar-refractivity contribution in [2.45, 2.75) is 13.0 Å². The Bertz CT molecular complexity index is 503. The largest absolute Gasteiger partial charge is 0.357 e. The van der Waals surface area contributed by atoms with Gasteiger partial charge in [-0.05, 0) is 30.5 Å². The Morgan fingerprint density at radius 3 is 2.86 bits per heavy atom. The van der Waals surface area contributed by atoms with Crippen LogP contribution in [0.3, 0.4) is 0 Å². The molecule has 0 saturated heterocycles. The predicted molar refractivity (Wildman–Crippen MR) is 55.6 cm³/mol. The molecular formula is C11H11N3. The summed E-state index contributed by atoms with van der Waals surface area (Å²) in [5.74, 6) is 0. The first kappa shape index (κ1) is 8.79. The smallest absolute Gasteiger partial charge is 0.0992 e. The van der Waals surface area contributed by atoms with Gasteiger partial charge in [0.2, 0.25) is 0 Å². The van der Waals surface area contributed by atoms with E-state index in [1.807, 2.05) is 25.1 Å². The minimum absolute atomic E-state index is 0.00654. The lowest BCUT2D eigenvalue weighted by molar-refractivity contribution is 0.792. The molecule has 0 aliphatic carbocycles. The summed E-state index contributed by atoms with van der Waals surface area (Å²) in [4.78, 5) is 3.19. The van der Waals surface area contributed by atoms with Gasteiger partial charge in [0, 0.05) is 17.3 Å². The number of fused-ring (bicyclic) bond motifs is 1. The zero-order valence-electron chi connectivity index (χ0n) is 7.91. The van der Waals surface area contributed by atoms with Crippen LogP contribution in [0.2, 0.25) is 0 Å². The summed E-state index contributed by atoms with van der Waals surface area (Å²) in [6.07, 6.45) is 0. The van der Waals surface area contributed by atoms with Crippen LogP contribution in [0.25, 0.3) is 10.9 Å². The molecule has 0 fully saturated rings. The lowest BCUT2D eigenvalue weighted by atomic mass is 10.2. The molecule has 3 heteroatoms. The van der Waals surface area contributed by atoms with Crippen LogP contribution in [0.4, 0.5) is 0 Å². The molecule has 1 atom stereocenters. The van der Waals surface area contributed by atoms with Crippen molar-refractivity contribution in [3.63, 3.8) is 0 Å². The van der Waals surface area contributed by atoms with Crippen LogP contribution >= 0.6 is 0 Å². The molecule has 3 N–H and O–H groups in total. The SMILES string of the molecule is CC(N)c1cc2ccc(C#N)cc2[nH]1. The standard InChI is InChI=1S/C11H11N3/c1-7(13)10-5-9-3-2-8(6-12)4-11(9)14-10/h2-5,7,14H,13H2,1H3. The van der Waals surface area contributed by atoms with E-state index in [2.05, 4.69) is 11.1 Å². The molecule has 1 unspecified atom stereocenters. The number of nitrogens with two attached hydrogens (primary N) is 1. The summed E-state index contributed by atoms with van der Waals surface area (Å²) >= 11 is 0. The number of nitrogens with zero attached hydrogens (tertiary/aromatic N) is 1. The maximum atomic E-state index is 8.72. The molecule has 0 spiro atoms. The minimum atomic E-state index is -0.00654. The number of hydrogen-bond donors (Lipinski definition) is 2. The Labute approximate surface area is 82.1 Å². The van der Waals surface area contributed by atoms with Crippen LogP contribution in [0.1, 0.15) is 24.2 Å². The van der Waals surface area contributed by atoms with Crippen LogP contribution in [0.15, 0.2) is 24.3 Å². The second-order valence-corrected chi connectivity index (χ2v) is 3.43. The maximum Gasteiger partial charge on any atom is 0.0992 e. The molecule has 14 heavy (non-hydrogen) atoms. The molecule has 0 aliphatic heterocycles. The molecule has 0 bridgehead atoms. The number of benzene rings is 1. The van der Waals surface area contributed by atoms with Crippen LogP contribution in [0.5, 0.6) is 0 Å². The molecule has 1 heterocycles. The normalized spacial score (nSPS) is 12.6. The molecule has 70 valence electrons. The highest BCUT2D eigenvalue weighted by Crippen LogP contribution is 2.19. The molecule has 0 saturated carbocycles. The summed E-state index contributed by atoms with van der Waals surface area (Å²) in [5.41, 5.74) is 8.38. The summed E-state index contributed by atoms with van der Waals surface area (Å²) in [6, 6.07) is 9.68. The molecule has 1 aromatic heterocycles. The first-order valence-electron chi connectivity index (χ1n) is 4.49.